The van der Waals surface area contributed by atoms with Gasteiger partial charge in [-0.15, -0.1) is 0 Å². The predicted molar refractivity (Wildman–Crippen MR) is 167 cm³/mol. The number of phenolic OH excluding ortho intramolecular Hbond substituents is 1. The standard InChI is InChI=1S/C31H36N6O4S/c1-20(2)23-8-9-27(37-16-21(17-37)19-42(4,40)41)25-15-33-30(14-24(23)25)34-29-10-12-32-31(35-29)36(3)13-11-22-6-5-7-28(39)26(22)18-38/h5-10,12,14-15,18,20-21,39H,11,13,16-17,19H2,1-4H3,(H,32,33,34,35). The van der Waals surface area contributed by atoms with Crippen LogP contribution in [0.5, 0.6) is 5.75 Å². The van der Waals surface area contributed by atoms with Crippen LogP contribution < -0.4 is 15.1 Å². The molecule has 0 radical (unpaired) electrons. The normalized spacial score (nSPS) is 13.8. The number of carbonyl (C=O) groups excluding carboxylic acids is 1. The molecule has 3 heterocycles. The van der Waals surface area contributed by atoms with Crippen LogP contribution in [0.15, 0.2) is 54.9 Å². The Morgan fingerprint density at radius 2 is 1.90 bits per heavy atom. The molecule has 1 aliphatic rings. The lowest BCUT2D eigenvalue weighted by molar-refractivity contribution is 0.112. The summed E-state index contributed by atoms with van der Waals surface area (Å²) in [7, 11) is -1.12. The Bertz CT molecular complexity index is 1720. The quantitative estimate of drug-likeness (QED) is 0.241. The number of fused-ring (bicyclic) bond motifs is 1. The van der Waals surface area contributed by atoms with E-state index in [0.717, 1.165) is 22.0 Å². The van der Waals surface area contributed by atoms with Gasteiger partial charge >= 0.3 is 0 Å². The summed E-state index contributed by atoms with van der Waals surface area (Å²) in [6.45, 7) is 6.29. The van der Waals surface area contributed by atoms with E-state index in [4.69, 9.17) is 4.98 Å². The molecule has 10 nitrogen and oxygen atoms in total. The molecular weight excluding hydrogens is 552 g/mol. The molecule has 0 atom stereocenters. The van der Waals surface area contributed by atoms with Crippen molar-refractivity contribution in [3.05, 3.63) is 71.5 Å². The number of pyridine rings is 1. The lowest BCUT2D eigenvalue weighted by atomic mass is 9.93. The van der Waals surface area contributed by atoms with E-state index < -0.39 is 9.84 Å². The summed E-state index contributed by atoms with van der Waals surface area (Å²) in [4.78, 5) is 29.3. The summed E-state index contributed by atoms with van der Waals surface area (Å²) in [5.41, 5.74) is 3.33. The molecule has 0 unspecified atom stereocenters. The van der Waals surface area contributed by atoms with Crippen LogP contribution >= 0.6 is 0 Å². The number of hydrogen-bond acceptors (Lipinski definition) is 10. The summed E-state index contributed by atoms with van der Waals surface area (Å²) in [6.07, 6.45) is 6.06. The van der Waals surface area contributed by atoms with E-state index in [-0.39, 0.29) is 17.4 Å². The van der Waals surface area contributed by atoms with Gasteiger partial charge in [0.2, 0.25) is 5.95 Å². The van der Waals surface area contributed by atoms with Gasteiger partial charge < -0.3 is 20.2 Å². The van der Waals surface area contributed by atoms with Gasteiger partial charge in [0.25, 0.3) is 0 Å². The number of benzene rings is 2. The lowest BCUT2D eigenvalue weighted by Gasteiger charge is -2.41. The van der Waals surface area contributed by atoms with Crippen LogP contribution in [0.2, 0.25) is 0 Å². The maximum Gasteiger partial charge on any atom is 0.227 e. The molecule has 2 aromatic carbocycles. The van der Waals surface area contributed by atoms with E-state index in [9.17, 15) is 18.3 Å². The van der Waals surface area contributed by atoms with E-state index >= 15 is 0 Å². The molecule has 0 aliphatic carbocycles. The van der Waals surface area contributed by atoms with Crippen molar-refractivity contribution in [2.75, 3.05) is 53.8 Å². The number of carbonyl (C=O) groups is 1. The first-order chi connectivity index (χ1) is 20.0. The Hall–Kier alpha value is -4.25. The first-order valence-electron chi connectivity index (χ1n) is 13.9. The molecule has 2 N–H and O–H groups in total. The average Bonchev–Trinajstić information content (AvgIpc) is 2.92. The van der Waals surface area contributed by atoms with Crippen molar-refractivity contribution in [1.29, 1.82) is 0 Å². The van der Waals surface area contributed by atoms with E-state index in [0.29, 0.717) is 61.4 Å². The molecule has 0 amide bonds. The Balaban J connectivity index is 1.34. The number of phenols is 1. The number of likely N-dealkylation sites (N-methyl/N-ethyl adjacent to an activating group) is 1. The van der Waals surface area contributed by atoms with Gasteiger partial charge in [-0.1, -0.05) is 32.0 Å². The number of aromatic hydroxyl groups is 1. The van der Waals surface area contributed by atoms with Crippen molar-refractivity contribution in [3.63, 3.8) is 0 Å². The Morgan fingerprint density at radius 1 is 1.12 bits per heavy atom. The second-order valence-electron chi connectivity index (χ2n) is 11.3. The van der Waals surface area contributed by atoms with Gasteiger partial charge in [-0.3, -0.25) is 4.79 Å². The summed E-state index contributed by atoms with van der Waals surface area (Å²) in [5, 5.41) is 15.4. The first-order valence-corrected chi connectivity index (χ1v) is 16.0. The topological polar surface area (TPSA) is 129 Å². The van der Waals surface area contributed by atoms with E-state index in [2.05, 4.69) is 46.2 Å². The number of hydrogen-bond donors (Lipinski definition) is 2. The third-order valence-corrected chi connectivity index (χ3v) is 8.70. The average molecular weight is 589 g/mol. The first kappa shape index (κ1) is 29.2. The molecule has 1 fully saturated rings. The van der Waals surface area contributed by atoms with Crippen LogP contribution in [0.25, 0.3) is 10.8 Å². The molecule has 42 heavy (non-hydrogen) atoms. The number of anilines is 4. The highest BCUT2D eigenvalue weighted by atomic mass is 32.2. The van der Waals surface area contributed by atoms with Crippen molar-refractivity contribution in [2.45, 2.75) is 26.2 Å². The van der Waals surface area contributed by atoms with Gasteiger partial charge in [0.05, 0.1) is 11.3 Å². The molecule has 0 bridgehead atoms. The van der Waals surface area contributed by atoms with Crippen molar-refractivity contribution in [1.82, 2.24) is 15.0 Å². The smallest absolute Gasteiger partial charge is 0.227 e. The van der Waals surface area contributed by atoms with Crippen LogP contribution in [0.1, 0.15) is 41.3 Å². The highest BCUT2D eigenvalue weighted by Crippen LogP contribution is 2.37. The molecule has 2 aromatic heterocycles. The second-order valence-corrected chi connectivity index (χ2v) is 13.5. The molecule has 1 saturated heterocycles. The van der Waals surface area contributed by atoms with Gasteiger partial charge in [-0.2, -0.15) is 4.98 Å². The van der Waals surface area contributed by atoms with Gasteiger partial charge in [0.15, 0.2) is 6.29 Å². The van der Waals surface area contributed by atoms with Crippen LogP contribution in [0.4, 0.5) is 23.3 Å². The highest BCUT2D eigenvalue weighted by molar-refractivity contribution is 7.90. The van der Waals surface area contributed by atoms with Crippen LogP contribution in [-0.2, 0) is 16.3 Å². The summed E-state index contributed by atoms with van der Waals surface area (Å²) in [6, 6.07) is 13.1. The zero-order valence-electron chi connectivity index (χ0n) is 24.3. The third-order valence-electron chi connectivity index (χ3n) is 7.62. The van der Waals surface area contributed by atoms with Crippen molar-refractivity contribution in [2.24, 2.45) is 5.92 Å². The number of sulfone groups is 1. The van der Waals surface area contributed by atoms with Crippen molar-refractivity contribution < 1.29 is 18.3 Å². The lowest BCUT2D eigenvalue weighted by Crippen LogP contribution is -2.49. The summed E-state index contributed by atoms with van der Waals surface area (Å²) >= 11 is 0. The van der Waals surface area contributed by atoms with Crippen LogP contribution in [-0.4, -0.2) is 73.5 Å². The zero-order chi connectivity index (χ0) is 30.0. The monoisotopic (exact) mass is 588 g/mol. The minimum absolute atomic E-state index is 0.0238. The third kappa shape index (κ3) is 6.46. The fourth-order valence-corrected chi connectivity index (χ4v) is 6.54. The Kier molecular flexibility index (Phi) is 8.31. The number of nitrogens with one attached hydrogen (secondary N) is 1. The molecule has 5 rings (SSSR count). The number of aromatic nitrogens is 3. The van der Waals surface area contributed by atoms with Crippen molar-refractivity contribution >= 4 is 50.2 Å². The van der Waals surface area contributed by atoms with E-state index in [1.54, 1.807) is 18.3 Å². The molecule has 0 saturated carbocycles. The SMILES string of the molecule is CC(C)c1ccc(N2CC(CS(C)(=O)=O)C2)c2cnc(Nc3ccnc(N(C)CCc4cccc(O)c4C=O)n3)cc12. The second kappa shape index (κ2) is 11.9. The number of aldehydes is 1. The van der Waals surface area contributed by atoms with E-state index in [1.807, 2.05) is 30.3 Å². The van der Waals surface area contributed by atoms with Gasteiger partial charge in [0, 0.05) is 62.3 Å². The van der Waals surface area contributed by atoms with Gasteiger partial charge in [-0.25, -0.2) is 18.4 Å². The maximum absolute atomic E-state index is 11.7. The summed E-state index contributed by atoms with van der Waals surface area (Å²) in [5.74, 6) is 2.40. The van der Waals surface area contributed by atoms with E-state index in [1.165, 1.54) is 17.9 Å². The highest BCUT2D eigenvalue weighted by Gasteiger charge is 2.31. The number of rotatable bonds is 11. The minimum Gasteiger partial charge on any atom is -0.507 e. The molecule has 220 valence electrons. The molecular formula is C31H36N6O4S. The Morgan fingerprint density at radius 3 is 2.62 bits per heavy atom. The fraction of sp³-hybridized carbons (Fsp3) is 0.355. The number of nitrogens with zero attached hydrogens (tertiary/aromatic N) is 5. The van der Waals surface area contributed by atoms with Gasteiger partial charge in [-0.05, 0) is 53.1 Å². The molecule has 0 spiro atoms. The Labute approximate surface area is 246 Å². The molecule has 4 aromatic rings. The molecule has 11 heteroatoms. The molecule has 1 aliphatic heterocycles. The summed E-state index contributed by atoms with van der Waals surface area (Å²) < 4.78 is 23.4. The van der Waals surface area contributed by atoms with Gasteiger partial charge in [0.1, 0.15) is 27.2 Å². The van der Waals surface area contributed by atoms with Crippen LogP contribution in [0, 0.1) is 5.92 Å². The maximum atomic E-state index is 11.7. The largest absolute Gasteiger partial charge is 0.507 e. The zero-order valence-corrected chi connectivity index (χ0v) is 25.1. The minimum atomic E-state index is -3.00. The van der Waals surface area contributed by atoms with Crippen LogP contribution in [0.3, 0.4) is 0 Å². The predicted octanol–water partition coefficient (Wildman–Crippen LogP) is 4.57. The van der Waals surface area contributed by atoms with Crippen molar-refractivity contribution in [3.8, 4) is 5.75 Å². The fourth-order valence-electron chi connectivity index (χ4n) is 5.47.